The number of rotatable bonds is 7. The van der Waals surface area contributed by atoms with Crippen molar-refractivity contribution in [3.63, 3.8) is 0 Å². The predicted molar refractivity (Wildman–Crippen MR) is 87.6 cm³/mol. The van der Waals surface area contributed by atoms with Crippen molar-refractivity contribution < 1.29 is 39.2 Å². The van der Waals surface area contributed by atoms with E-state index in [0.29, 0.717) is 0 Å². The Morgan fingerprint density at radius 1 is 1.15 bits per heavy atom. The van der Waals surface area contributed by atoms with Crippen LogP contribution in [0.15, 0.2) is 0 Å². The highest BCUT2D eigenvalue weighted by molar-refractivity contribution is 5.87. The smallest absolute Gasteiger partial charge is 0.245 e. The first-order valence-electron chi connectivity index (χ1n) is 8.16. The molecule has 0 aliphatic carbocycles. The lowest BCUT2D eigenvalue weighted by atomic mass is 9.96. The summed E-state index contributed by atoms with van der Waals surface area (Å²) in [4.78, 5) is 34.7. The van der Waals surface area contributed by atoms with E-state index >= 15 is 0 Å². The van der Waals surface area contributed by atoms with Crippen molar-refractivity contribution >= 4 is 17.7 Å². The van der Waals surface area contributed by atoms with Gasteiger partial charge in [0.1, 0.15) is 30.4 Å². The van der Waals surface area contributed by atoms with E-state index in [2.05, 4.69) is 16.0 Å². The van der Waals surface area contributed by atoms with Crippen LogP contribution < -0.4 is 16.0 Å². The number of ether oxygens (including phenoxy) is 2. The number of carbonyl (C=O) groups is 3. The average Bonchev–Trinajstić information content (AvgIpc) is 2.57. The summed E-state index contributed by atoms with van der Waals surface area (Å²) in [5, 5.41) is 36.7. The van der Waals surface area contributed by atoms with Gasteiger partial charge in [0.2, 0.25) is 17.7 Å². The van der Waals surface area contributed by atoms with Gasteiger partial charge in [0.05, 0.1) is 12.7 Å². The molecule has 1 aliphatic heterocycles. The molecule has 0 aromatic carbocycles. The quantitative estimate of drug-likeness (QED) is 0.267. The standard InChI is InChI=1S/C15H27N3O8/c1-6(10(14(24)16-4)17-7(2)20)25-15-11(18-8(3)21)13(23)12(22)9(5-19)26-15/h6,9-13,15,19,22-23H,5H2,1-4H3,(H,16,24)(H,17,20)(H,18,21)/t6-,9-,10+,11-,12+,13-,15-/m1/s1. The Hall–Kier alpha value is -1.79. The van der Waals surface area contributed by atoms with E-state index < -0.39 is 67.1 Å². The van der Waals surface area contributed by atoms with Crippen LogP contribution in [0.3, 0.4) is 0 Å². The molecule has 1 heterocycles. The van der Waals surface area contributed by atoms with Crippen LogP contribution in [0.1, 0.15) is 20.8 Å². The Morgan fingerprint density at radius 3 is 2.23 bits per heavy atom. The van der Waals surface area contributed by atoms with Gasteiger partial charge in [-0.05, 0) is 6.92 Å². The predicted octanol–water partition coefficient (Wildman–Crippen LogP) is -3.41. The molecule has 0 spiro atoms. The van der Waals surface area contributed by atoms with Crippen LogP contribution in [0.2, 0.25) is 0 Å². The Labute approximate surface area is 151 Å². The van der Waals surface area contributed by atoms with Gasteiger partial charge in [-0.1, -0.05) is 0 Å². The summed E-state index contributed by atoms with van der Waals surface area (Å²) >= 11 is 0. The highest BCUT2D eigenvalue weighted by Gasteiger charge is 2.46. The number of hydrogen-bond donors (Lipinski definition) is 6. The molecule has 0 radical (unpaired) electrons. The first kappa shape index (κ1) is 22.3. The number of amides is 3. The number of carbonyl (C=O) groups excluding carboxylic acids is 3. The summed E-state index contributed by atoms with van der Waals surface area (Å²) in [5.41, 5.74) is 0. The second-order valence-electron chi connectivity index (χ2n) is 6.07. The van der Waals surface area contributed by atoms with Crippen molar-refractivity contribution in [2.24, 2.45) is 0 Å². The monoisotopic (exact) mass is 377 g/mol. The van der Waals surface area contributed by atoms with Crippen LogP contribution in [-0.2, 0) is 23.9 Å². The molecule has 3 amide bonds. The minimum atomic E-state index is -1.47. The molecular formula is C15H27N3O8. The van der Waals surface area contributed by atoms with E-state index in [9.17, 15) is 29.7 Å². The Balaban J connectivity index is 3.00. The molecule has 0 unspecified atom stereocenters. The molecule has 6 N–H and O–H groups in total. The zero-order chi connectivity index (χ0) is 20.0. The normalized spacial score (nSPS) is 30.8. The number of nitrogens with one attached hydrogen (secondary N) is 3. The summed E-state index contributed by atoms with van der Waals surface area (Å²) in [6.07, 6.45) is -6.25. The number of aliphatic hydroxyl groups is 3. The molecular weight excluding hydrogens is 350 g/mol. The average molecular weight is 377 g/mol. The fourth-order valence-electron chi connectivity index (χ4n) is 2.65. The fourth-order valence-corrected chi connectivity index (χ4v) is 2.65. The van der Waals surface area contributed by atoms with Crippen molar-refractivity contribution in [1.29, 1.82) is 0 Å². The molecule has 1 fully saturated rings. The number of likely N-dealkylation sites (N-methyl/N-ethyl adjacent to an activating group) is 1. The van der Waals surface area contributed by atoms with Crippen LogP contribution in [-0.4, -0.2) is 89.5 Å². The van der Waals surface area contributed by atoms with Gasteiger partial charge in [-0.25, -0.2) is 0 Å². The Bertz CT molecular complexity index is 517. The van der Waals surface area contributed by atoms with Crippen LogP contribution in [0.4, 0.5) is 0 Å². The van der Waals surface area contributed by atoms with E-state index in [1.807, 2.05) is 0 Å². The van der Waals surface area contributed by atoms with Crippen molar-refractivity contribution in [2.45, 2.75) is 63.6 Å². The Kier molecular flexibility index (Phi) is 8.37. The van der Waals surface area contributed by atoms with Crippen LogP contribution in [0, 0.1) is 0 Å². The minimum Gasteiger partial charge on any atom is -0.394 e. The van der Waals surface area contributed by atoms with Crippen molar-refractivity contribution in [3.8, 4) is 0 Å². The van der Waals surface area contributed by atoms with Gasteiger partial charge >= 0.3 is 0 Å². The lowest BCUT2D eigenvalue weighted by Gasteiger charge is -2.43. The maximum atomic E-state index is 12.0. The lowest BCUT2D eigenvalue weighted by Crippen LogP contribution is -2.65. The van der Waals surface area contributed by atoms with E-state index in [0.717, 1.165) is 0 Å². The number of aliphatic hydroxyl groups excluding tert-OH is 3. The topological polar surface area (TPSA) is 166 Å². The molecule has 0 bridgehead atoms. The SMILES string of the molecule is CNC(=O)[C@@H](NC(C)=O)[C@@H](C)O[C@@H]1O[C@H](CO)[C@H](O)[C@H](O)[C@H]1NC(C)=O. The molecule has 1 aliphatic rings. The summed E-state index contributed by atoms with van der Waals surface area (Å²) in [5.74, 6) is -1.47. The van der Waals surface area contributed by atoms with Gasteiger partial charge in [0, 0.05) is 20.9 Å². The molecule has 1 saturated heterocycles. The Morgan fingerprint density at radius 2 is 1.77 bits per heavy atom. The van der Waals surface area contributed by atoms with Crippen molar-refractivity contribution in [1.82, 2.24) is 16.0 Å². The zero-order valence-electron chi connectivity index (χ0n) is 15.1. The first-order chi connectivity index (χ1) is 12.1. The van der Waals surface area contributed by atoms with Gasteiger partial charge in [-0.15, -0.1) is 0 Å². The van der Waals surface area contributed by atoms with Gasteiger partial charge in [-0.2, -0.15) is 0 Å². The fraction of sp³-hybridized carbons (Fsp3) is 0.800. The molecule has 11 nitrogen and oxygen atoms in total. The van der Waals surface area contributed by atoms with Crippen molar-refractivity contribution in [2.75, 3.05) is 13.7 Å². The summed E-state index contributed by atoms with van der Waals surface area (Å²) in [6, 6.07) is -2.20. The van der Waals surface area contributed by atoms with Crippen LogP contribution in [0.25, 0.3) is 0 Å². The molecule has 11 heteroatoms. The maximum absolute atomic E-state index is 12.0. The summed E-state index contributed by atoms with van der Waals surface area (Å²) in [7, 11) is 1.39. The number of hydrogen-bond acceptors (Lipinski definition) is 8. The van der Waals surface area contributed by atoms with Gasteiger partial charge < -0.3 is 40.7 Å². The molecule has 26 heavy (non-hydrogen) atoms. The minimum absolute atomic E-state index is 0.458. The van der Waals surface area contributed by atoms with Gasteiger partial charge in [0.15, 0.2) is 6.29 Å². The third-order valence-corrected chi connectivity index (χ3v) is 3.96. The van der Waals surface area contributed by atoms with Crippen LogP contribution >= 0.6 is 0 Å². The molecule has 0 aromatic heterocycles. The first-order valence-corrected chi connectivity index (χ1v) is 8.16. The van der Waals surface area contributed by atoms with Gasteiger partial charge in [-0.3, -0.25) is 14.4 Å². The summed E-state index contributed by atoms with van der Waals surface area (Å²) in [6.45, 7) is 3.35. The van der Waals surface area contributed by atoms with Crippen LogP contribution in [0.5, 0.6) is 0 Å². The largest absolute Gasteiger partial charge is 0.394 e. The molecule has 1 rings (SSSR count). The zero-order valence-corrected chi connectivity index (χ0v) is 15.1. The van der Waals surface area contributed by atoms with E-state index in [1.165, 1.54) is 27.8 Å². The van der Waals surface area contributed by atoms with Gasteiger partial charge in [0.25, 0.3) is 0 Å². The molecule has 150 valence electrons. The van der Waals surface area contributed by atoms with E-state index in [4.69, 9.17) is 9.47 Å². The molecule has 0 aromatic rings. The second kappa shape index (κ2) is 9.78. The van der Waals surface area contributed by atoms with Crippen molar-refractivity contribution in [3.05, 3.63) is 0 Å². The highest BCUT2D eigenvalue weighted by Crippen LogP contribution is 2.23. The summed E-state index contributed by atoms with van der Waals surface area (Å²) < 4.78 is 11.1. The van der Waals surface area contributed by atoms with E-state index in [1.54, 1.807) is 0 Å². The molecule has 7 atom stereocenters. The van der Waals surface area contributed by atoms with E-state index in [-0.39, 0.29) is 0 Å². The third kappa shape index (κ3) is 5.61. The maximum Gasteiger partial charge on any atom is 0.245 e. The third-order valence-electron chi connectivity index (χ3n) is 3.96. The highest BCUT2D eigenvalue weighted by atomic mass is 16.7. The second-order valence-corrected chi connectivity index (χ2v) is 6.07. The lowest BCUT2D eigenvalue weighted by molar-refractivity contribution is -0.281. The molecule has 0 saturated carbocycles.